The fourth-order valence-electron chi connectivity index (χ4n) is 2.59. The molecule has 0 bridgehead atoms. The Balaban J connectivity index is 1.93. The number of anilines is 1. The molecule has 1 aromatic heterocycles. The Hall–Kier alpha value is -3.13. The zero-order valence-electron chi connectivity index (χ0n) is 14.4. The third kappa shape index (κ3) is 4.07. The van der Waals surface area contributed by atoms with E-state index in [-0.39, 0.29) is 16.3 Å². The summed E-state index contributed by atoms with van der Waals surface area (Å²) >= 11 is 5.97. The van der Waals surface area contributed by atoms with Crippen LogP contribution in [0.1, 0.15) is 32.1 Å². The molecule has 0 aliphatic heterocycles. The lowest BCUT2D eigenvalue weighted by Gasteiger charge is -2.10. The monoisotopic (exact) mass is 407 g/mol. The van der Waals surface area contributed by atoms with Gasteiger partial charge in [0.25, 0.3) is 5.91 Å². The summed E-state index contributed by atoms with van der Waals surface area (Å²) in [6, 6.07) is 13.2. The van der Waals surface area contributed by atoms with E-state index < -0.39 is 29.3 Å². The van der Waals surface area contributed by atoms with E-state index in [4.69, 9.17) is 11.6 Å². The number of ketones is 1. The fourth-order valence-corrected chi connectivity index (χ4v) is 2.76. The van der Waals surface area contributed by atoms with Crippen LogP contribution in [0.5, 0.6) is 0 Å². The first kappa shape index (κ1) is 19.6. The van der Waals surface area contributed by atoms with Gasteiger partial charge in [-0.15, -0.1) is 0 Å². The average Bonchev–Trinajstić information content (AvgIpc) is 3.05. The van der Waals surface area contributed by atoms with Crippen LogP contribution in [0, 0.1) is 0 Å². The van der Waals surface area contributed by atoms with Crippen LogP contribution in [0.4, 0.5) is 18.9 Å². The number of nitrogens with zero attached hydrogens (tertiary/aromatic N) is 2. The van der Waals surface area contributed by atoms with E-state index in [9.17, 15) is 22.8 Å². The molecular formula is C19H13ClF3N3O2. The van der Waals surface area contributed by atoms with Crippen molar-refractivity contribution < 1.29 is 22.8 Å². The molecule has 0 aliphatic rings. The first-order chi connectivity index (χ1) is 13.2. The largest absolute Gasteiger partial charge is 0.433 e. The van der Waals surface area contributed by atoms with Crippen molar-refractivity contribution in [1.82, 2.24) is 9.78 Å². The molecule has 1 amide bonds. The molecule has 9 heteroatoms. The molecule has 144 valence electrons. The highest BCUT2D eigenvalue weighted by atomic mass is 35.5. The second kappa shape index (κ2) is 7.47. The van der Waals surface area contributed by atoms with Gasteiger partial charge in [-0.3, -0.25) is 14.3 Å². The predicted octanol–water partition coefficient (Wildman–Crippen LogP) is 4.58. The van der Waals surface area contributed by atoms with Crippen molar-refractivity contribution in [3.05, 3.63) is 82.1 Å². The smallest absolute Gasteiger partial charge is 0.320 e. The molecule has 3 aromatic rings. The van der Waals surface area contributed by atoms with E-state index in [1.54, 1.807) is 30.3 Å². The summed E-state index contributed by atoms with van der Waals surface area (Å²) in [6.07, 6.45) is -4.64. The summed E-state index contributed by atoms with van der Waals surface area (Å²) in [4.78, 5) is 25.2. The molecule has 0 radical (unpaired) electrons. The topological polar surface area (TPSA) is 64.0 Å². The Bertz CT molecular complexity index is 1050. The number of alkyl halides is 3. The van der Waals surface area contributed by atoms with Crippen molar-refractivity contribution in [2.45, 2.75) is 6.18 Å². The van der Waals surface area contributed by atoms with Crippen LogP contribution in [-0.4, -0.2) is 21.5 Å². The van der Waals surface area contributed by atoms with Gasteiger partial charge < -0.3 is 5.32 Å². The van der Waals surface area contributed by atoms with Crippen molar-refractivity contribution in [1.29, 1.82) is 0 Å². The van der Waals surface area contributed by atoms with Gasteiger partial charge in [-0.05, 0) is 18.2 Å². The van der Waals surface area contributed by atoms with E-state index >= 15 is 0 Å². The molecule has 0 aliphatic carbocycles. The van der Waals surface area contributed by atoms with Gasteiger partial charge in [0, 0.05) is 29.3 Å². The summed E-state index contributed by atoms with van der Waals surface area (Å²) in [5.41, 5.74) is -0.892. The second-order valence-corrected chi connectivity index (χ2v) is 6.31. The van der Waals surface area contributed by atoms with Crippen LogP contribution in [0.3, 0.4) is 0 Å². The van der Waals surface area contributed by atoms with Crippen LogP contribution in [0.2, 0.25) is 5.02 Å². The number of carbonyl (C=O) groups is 2. The lowest BCUT2D eigenvalue weighted by molar-refractivity contribution is -0.143. The maximum Gasteiger partial charge on any atom is 0.433 e. The van der Waals surface area contributed by atoms with Crippen molar-refractivity contribution in [3.63, 3.8) is 0 Å². The number of amides is 1. The summed E-state index contributed by atoms with van der Waals surface area (Å²) in [5, 5.41) is 6.30. The van der Waals surface area contributed by atoms with Crippen molar-refractivity contribution >= 4 is 29.0 Å². The number of hydrogen-bond acceptors (Lipinski definition) is 3. The van der Waals surface area contributed by atoms with Crippen LogP contribution >= 0.6 is 11.6 Å². The standard InChI is InChI=1S/C19H13ClF3N3O2/c1-26-16(19(21,22)23)10-15(25-26)18(28)24-14-8-7-12(20)9-13(14)17(27)11-5-3-2-4-6-11/h2-10H,1H3,(H,24,28). The minimum absolute atomic E-state index is 0.110. The van der Waals surface area contributed by atoms with Gasteiger partial charge >= 0.3 is 6.18 Å². The molecule has 0 unspecified atom stereocenters. The summed E-state index contributed by atoms with van der Waals surface area (Å²) in [6.45, 7) is 0. The van der Waals surface area contributed by atoms with E-state index in [1.807, 2.05) is 0 Å². The maximum absolute atomic E-state index is 12.9. The highest BCUT2D eigenvalue weighted by Crippen LogP contribution is 2.30. The lowest BCUT2D eigenvalue weighted by Crippen LogP contribution is -2.16. The quantitative estimate of drug-likeness (QED) is 0.644. The Morgan fingerprint density at radius 1 is 1.07 bits per heavy atom. The highest BCUT2D eigenvalue weighted by Gasteiger charge is 2.35. The SMILES string of the molecule is Cn1nc(C(=O)Nc2ccc(Cl)cc2C(=O)c2ccccc2)cc1C(F)(F)F. The number of nitrogens with one attached hydrogen (secondary N) is 1. The van der Waals surface area contributed by atoms with Gasteiger partial charge in [0.05, 0.1) is 5.69 Å². The third-order valence-corrected chi connectivity index (χ3v) is 4.15. The normalized spacial score (nSPS) is 11.3. The minimum atomic E-state index is -4.64. The molecule has 2 aromatic carbocycles. The number of rotatable bonds is 4. The Morgan fingerprint density at radius 3 is 2.36 bits per heavy atom. The number of benzene rings is 2. The fraction of sp³-hybridized carbons (Fsp3) is 0.105. The Kier molecular flexibility index (Phi) is 5.24. The van der Waals surface area contributed by atoms with Crippen molar-refractivity contribution in [2.24, 2.45) is 7.05 Å². The maximum atomic E-state index is 12.9. The molecule has 1 N–H and O–H groups in total. The molecule has 0 atom stereocenters. The average molecular weight is 408 g/mol. The number of aromatic nitrogens is 2. The van der Waals surface area contributed by atoms with Gasteiger partial charge in [-0.1, -0.05) is 41.9 Å². The summed E-state index contributed by atoms with van der Waals surface area (Å²) in [5.74, 6) is -1.27. The number of carbonyl (C=O) groups excluding carboxylic acids is 2. The van der Waals surface area contributed by atoms with Crippen LogP contribution in [-0.2, 0) is 13.2 Å². The van der Waals surface area contributed by atoms with Gasteiger partial charge in [-0.2, -0.15) is 18.3 Å². The molecule has 0 spiro atoms. The Morgan fingerprint density at radius 2 is 1.75 bits per heavy atom. The van der Waals surface area contributed by atoms with E-state index in [1.165, 1.54) is 18.2 Å². The van der Waals surface area contributed by atoms with Crippen LogP contribution in [0.25, 0.3) is 0 Å². The second-order valence-electron chi connectivity index (χ2n) is 5.88. The van der Waals surface area contributed by atoms with Gasteiger partial charge in [-0.25, -0.2) is 0 Å². The van der Waals surface area contributed by atoms with Crippen molar-refractivity contribution in [2.75, 3.05) is 5.32 Å². The minimum Gasteiger partial charge on any atom is -0.320 e. The zero-order chi connectivity index (χ0) is 20.5. The van der Waals surface area contributed by atoms with Gasteiger partial charge in [0.15, 0.2) is 11.5 Å². The zero-order valence-corrected chi connectivity index (χ0v) is 15.2. The summed E-state index contributed by atoms with van der Waals surface area (Å²) < 4.78 is 39.3. The molecule has 28 heavy (non-hydrogen) atoms. The van der Waals surface area contributed by atoms with E-state index in [0.717, 1.165) is 7.05 Å². The van der Waals surface area contributed by atoms with Gasteiger partial charge in [0.1, 0.15) is 5.69 Å². The van der Waals surface area contributed by atoms with Crippen LogP contribution in [0.15, 0.2) is 54.6 Å². The number of halogens is 4. The molecule has 1 heterocycles. The van der Waals surface area contributed by atoms with E-state index in [2.05, 4.69) is 10.4 Å². The molecule has 5 nitrogen and oxygen atoms in total. The third-order valence-electron chi connectivity index (χ3n) is 3.91. The predicted molar refractivity (Wildman–Crippen MR) is 97.5 cm³/mol. The Labute approximate surface area is 162 Å². The highest BCUT2D eigenvalue weighted by molar-refractivity contribution is 6.31. The molecule has 0 fully saturated rings. The molecule has 0 saturated carbocycles. The first-order valence-corrected chi connectivity index (χ1v) is 8.36. The van der Waals surface area contributed by atoms with E-state index in [0.29, 0.717) is 16.3 Å². The van der Waals surface area contributed by atoms with Crippen LogP contribution < -0.4 is 5.32 Å². The summed E-state index contributed by atoms with van der Waals surface area (Å²) in [7, 11) is 1.09. The molecule has 3 rings (SSSR count). The van der Waals surface area contributed by atoms with Crippen molar-refractivity contribution in [3.8, 4) is 0 Å². The number of aryl methyl sites for hydroxylation is 1. The molecule has 0 saturated heterocycles. The molecular weight excluding hydrogens is 395 g/mol. The number of hydrogen-bond donors (Lipinski definition) is 1. The first-order valence-electron chi connectivity index (χ1n) is 7.98. The lowest BCUT2D eigenvalue weighted by atomic mass is 10.0. The van der Waals surface area contributed by atoms with Gasteiger partial charge in [0.2, 0.25) is 0 Å².